The van der Waals surface area contributed by atoms with E-state index < -0.39 is 0 Å². The lowest BCUT2D eigenvalue weighted by molar-refractivity contribution is -0.122. The van der Waals surface area contributed by atoms with E-state index in [-0.39, 0.29) is 11.9 Å². The summed E-state index contributed by atoms with van der Waals surface area (Å²) in [4.78, 5) is 11.6. The van der Waals surface area contributed by atoms with E-state index in [9.17, 15) is 4.79 Å². The summed E-state index contributed by atoms with van der Waals surface area (Å²) < 4.78 is 0.307. The molecule has 0 heterocycles. The third-order valence-corrected chi connectivity index (χ3v) is 4.64. The number of hydrogen-bond donors (Lipinski definition) is 2. The molecule has 0 spiro atoms. The fourth-order valence-corrected chi connectivity index (χ4v) is 2.76. The van der Waals surface area contributed by atoms with E-state index in [2.05, 4.69) is 11.6 Å². The van der Waals surface area contributed by atoms with Gasteiger partial charge in [-0.15, -0.1) is 0 Å². The zero-order valence-corrected chi connectivity index (χ0v) is 10.5. The Kier molecular flexibility index (Phi) is 4.93. The molecule has 0 aromatic rings. The molecule has 3 N–H and O–H groups in total. The second-order valence-corrected chi connectivity index (χ2v) is 5.63. The Morgan fingerprint density at radius 3 is 2.67 bits per heavy atom. The van der Waals surface area contributed by atoms with Crippen LogP contribution in [0.15, 0.2) is 0 Å². The number of nitrogens with one attached hydrogen (secondary N) is 1. The molecule has 0 radical (unpaired) electrons. The van der Waals surface area contributed by atoms with E-state index in [1.165, 1.54) is 19.3 Å². The van der Waals surface area contributed by atoms with E-state index in [4.69, 9.17) is 5.73 Å². The van der Waals surface area contributed by atoms with Crippen LogP contribution in [0.2, 0.25) is 0 Å². The van der Waals surface area contributed by atoms with E-state index in [1.54, 1.807) is 0 Å². The first-order valence-corrected chi connectivity index (χ1v) is 6.94. The summed E-state index contributed by atoms with van der Waals surface area (Å²) >= 11 is 1.87. The zero-order valence-electron chi connectivity index (χ0n) is 9.71. The van der Waals surface area contributed by atoms with Crippen LogP contribution in [0.5, 0.6) is 0 Å². The predicted octanol–water partition coefficient (Wildman–Crippen LogP) is 1.52. The molecule has 1 atom stereocenters. The normalized spacial score (nSPS) is 20.5. The molecule has 0 bridgehead atoms. The Morgan fingerprint density at radius 1 is 1.60 bits per heavy atom. The minimum absolute atomic E-state index is 0.0113. The van der Waals surface area contributed by atoms with Crippen LogP contribution in [0, 0.1) is 0 Å². The molecule has 1 aliphatic rings. The second-order valence-electron chi connectivity index (χ2n) is 4.35. The number of amides is 1. The Hall–Kier alpha value is -0.220. The SMILES string of the molecule is CCC[C@@H](N)C(=O)NCC1(SC)CCC1. The lowest BCUT2D eigenvalue weighted by Gasteiger charge is -2.40. The van der Waals surface area contributed by atoms with Gasteiger partial charge in [-0.2, -0.15) is 11.8 Å². The number of rotatable bonds is 6. The van der Waals surface area contributed by atoms with Crippen LogP contribution in [0.25, 0.3) is 0 Å². The van der Waals surface area contributed by atoms with Crippen molar-refractivity contribution in [3.05, 3.63) is 0 Å². The van der Waals surface area contributed by atoms with Crippen molar-refractivity contribution in [3.8, 4) is 0 Å². The first-order chi connectivity index (χ1) is 7.13. The van der Waals surface area contributed by atoms with Gasteiger partial charge in [-0.25, -0.2) is 0 Å². The molecular weight excluding hydrogens is 208 g/mol. The van der Waals surface area contributed by atoms with Gasteiger partial charge in [0, 0.05) is 11.3 Å². The van der Waals surface area contributed by atoms with Gasteiger partial charge in [-0.1, -0.05) is 19.8 Å². The number of hydrogen-bond acceptors (Lipinski definition) is 3. The summed E-state index contributed by atoms with van der Waals surface area (Å²) in [5.41, 5.74) is 5.74. The van der Waals surface area contributed by atoms with Gasteiger partial charge in [0.1, 0.15) is 0 Å². The maximum Gasteiger partial charge on any atom is 0.236 e. The molecular formula is C11H22N2OS. The highest BCUT2D eigenvalue weighted by Gasteiger charge is 2.36. The largest absolute Gasteiger partial charge is 0.353 e. The maximum absolute atomic E-state index is 11.6. The molecule has 1 aliphatic carbocycles. The summed E-state index contributed by atoms with van der Waals surface area (Å²) in [6.07, 6.45) is 7.59. The molecule has 88 valence electrons. The Labute approximate surface area is 96.6 Å². The molecule has 0 aromatic heterocycles. The quantitative estimate of drug-likeness (QED) is 0.727. The van der Waals surface area contributed by atoms with Crippen molar-refractivity contribution >= 4 is 17.7 Å². The molecule has 1 amide bonds. The van der Waals surface area contributed by atoms with E-state index >= 15 is 0 Å². The highest BCUT2D eigenvalue weighted by molar-refractivity contribution is 8.00. The first-order valence-electron chi connectivity index (χ1n) is 5.72. The Bertz CT molecular complexity index is 211. The van der Waals surface area contributed by atoms with Gasteiger partial charge in [0.05, 0.1) is 6.04 Å². The molecule has 0 aromatic carbocycles. The smallest absolute Gasteiger partial charge is 0.236 e. The van der Waals surface area contributed by atoms with E-state index in [0.29, 0.717) is 4.75 Å². The first kappa shape index (κ1) is 12.8. The van der Waals surface area contributed by atoms with Gasteiger partial charge < -0.3 is 11.1 Å². The minimum atomic E-state index is -0.325. The lowest BCUT2D eigenvalue weighted by atomic mass is 9.84. The van der Waals surface area contributed by atoms with Gasteiger partial charge in [0.2, 0.25) is 5.91 Å². The zero-order chi connectivity index (χ0) is 11.3. The topological polar surface area (TPSA) is 55.1 Å². The molecule has 4 heteroatoms. The molecule has 3 nitrogen and oxygen atoms in total. The summed E-state index contributed by atoms with van der Waals surface area (Å²) in [7, 11) is 0. The molecule has 1 rings (SSSR count). The fourth-order valence-electron chi connectivity index (χ4n) is 1.85. The Morgan fingerprint density at radius 2 is 2.27 bits per heavy atom. The average Bonchev–Trinajstić information content (AvgIpc) is 2.17. The van der Waals surface area contributed by atoms with Crippen LogP contribution in [0.3, 0.4) is 0 Å². The molecule has 1 fully saturated rings. The number of nitrogens with two attached hydrogens (primary N) is 1. The molecule has 1 saturated carbocycles. The van der Waals surface area contributed by atoms with Crippen LogP contribution >= 0.6 is 11.8 Å². The number of thioether (sulfide) groups is 1. The highest BCUT2D eigenvalue weighted by Crippen LogP contribution is 2.42. The van der Waals surface area contributed by atoms with Gasteiger partial charge in [0.25, 0.3) is 0 Å². The number of carbonyl (C=O) groups excluding carboxylic acids is 1. The van der Waals surface area contributed by atoms with Crippen molar-refractivity contribution in [1.29, 1.82) is 0 Å². The monoisotopic (exact) mass is 230 g/mol. The van der Waals surface area contributed by atoms with Crippen LogP contribution in [-0.4, -0.2) is 29.5 Å². The van der Waals surface area contributed by atoms with Crippen LogP contribution in [-0.2, 0) is 4.79 Å². The summed E-state index contributed by atoms with van der Waals surface area (Å²) in [6, 6.07) is -0.325. The predicted molar refractivity (Wildman–Crippen MR) is 66.0 cm³/mol. The van der Waals surface area contributed by atoms with Gasteiger partial charge in [-0.3, -0.25) is 4.79 Å². The fraction of sp³-hybridized carbons (Fsp3) is 0.909. The van der Waals surface area contributed by atoms with Gasteiger partial charge in [-0.05, 0) is 25.5 Å². The van der Waals surface area contributed by atoms with Crippen molar-refractivity contribution in [2.24, 2.45) is 5.73 Å². The third-order valence-electron chi connectivity index (χ3n) is 3.22. The molecule has 0 saturated heterocycles. The van der Waals surface area contributed by atoms with Crippen molar-refractivity contribution in [2.75, 3.05) is 12.8 Å². The van der Waals surface area contributed by atoms with Gasteiger partial charge in [0.15, 0.2) is 0 Å². The van der Waals surface area contributed by atoms with Crippen LogP contribution < -0.4 is 11.1 Å². The minimum Gasteiger partial charge on any atom is -0.353 e. The summed E-state index contributed by atoms with van der Waals surface area (Å²) in [5, 5.41) is 2.98. The van der Waals surface area contributed by atoms with Crippen molar-refractivity contribution < 1.29 is 4.79 Å². The van der Waals surface area contributed by atoms with Gasteiger partial charge >= 0.3 is 0 Å². The van der Waals surface area contributed by atoms with Crippen molar-refractivity contribution in [2.45, 2.75) is 49.8 Å². The van der Waals surface area contributed by atoms with Crippen molar-refractivity contribution in [1.82, 2.24) is 5.32 Å². The van der Waals surface area contributed by atoms with E-state index in [1.807, 2.05) is 18.7 Å². The molecule has 0 unspecified atom stereocenters. The second kappa shape index (κ2) is 5.75. The highest BCUT2D eigenvalue weighted by atomic mass is 32.2. The standard InChI is InChI=1S/C11H22N2OS/c1-3-5-9(12)10(14)13-8-11(15-2)6-4-7-11/h9H,3-8,12H2,1-2H3,(H,13,14)/t9-/m1/s1. The van der Waals surface area contributed by atoms with E-state index in [0.717, 1.165) is 19.4 Å². The summed E-state index contributed by atoms with van der Waals surface area (Å²) in [6.45, 7) is 2.83. The third kappa shape index (κ3) is 3.38. The summed E-state index contributed by atoms with van der Waals surface area (Å²) in [5.74, 6) is 0.0113. The van der Waals surface area contributed by atoms with Crippen LogP contribution in [0.1, 0.15) is 39.0 Å². The lowest BCUT2D eigenvalue weighted by Crippen LogP contribution is -2.49. The average molecular weight is 230 g/mol. The van der Waals surface area contributed by atoms with Crippen molar-refractivity contribution in [3.63, 3.8) is 0 Å². The number of carbonyl (C=O) groups is 1. The van der Waals surface area contributed by atoms with Crippen LogP contribution in [0.4, 0.5) is 0 Å². The molecule has 15 heavy (non-hydrogen) atoms. The molecule has 0 aliphatic heterocycles. The Balaban J connectivity index is 2.26. The maximum atomic E-state index is 11.6.